The molecule has 0 atom stereocenters. The number of aryl methyl sites for hydroxylation is 2. The van der Waals surface area contributed by atoms with Crippen LogP contribution in [0, 0.1) is 6.92 Å². The average Bonchev–Trinajstić information content (AvgIpc) is 2.69. The van der Waals surface area contributed by atoms with Crippen LogP contribution < -0.4 is 5.73 Å². The Morgan fingerprint density at radius 1 is 1.50 bits per heavy atom. The third-order valence-electron chi connectivity index (χ3n) is 2.77. The van der Waals surface area contributed by atoms with Crippen molar-refractivity contribution in [3.63, 3.8) is 0 Å². The predicted octanol–water partition coefficient (Wildman–Crippen LogP) is 0.571. The van der Waals surface area contributed by atoms with E-state index in [2.05, 4.69) is 4.98 Å². The minimum atomic E-state index is -3.49. The standard InChI is InChI=1S/C11H22N4O2S/c1-4-7-15-9-11(13-10(15)2)18(16,17)14(3)8-5-6-12/h9H,4-8,12H2,1-3H3. The molecular formula is C11H22N4O2S. The van der Waals surface area contributed by atoms with Crippen molar-refractivity contribution in [3.05, 3.63) is 12.0 Å². The van der Waals surface area contributed by atoms with E-state index in [1.165, 1.54) is 4.31 Å². The molecule has 0 aliphatic rings. The van der Waals surface area contributed by atoms with Gasteiger partial charge < -0.3 is 10.3 Å². The van der Waals surface area contributed by atoms with Crippen molar-refractivity contribution in [1.82, 2.24) is 13.9 Å². The van der Waals surface area contributed by atoms with Gasteiger partial charge in [0.2, 0.25) is 0 Å². The summed E-state index contributed by atoms with van der Waals surface area (Å²) in [6, 6.07) is 0. The summed E-state index contributed by atoms with van der Waals surface area (Å²) < 4.78 is 27.6. The van der Waals surface area contributed by atoms with Crippen LogP contribution in [0.15, 0.2) is 11.2 Å². The molecule has 0 aromatic carbocycles. The second-order valence-electron chi connectivity index (χ2n) is 4.29. The molecule has 0 aliphatic carbocycles. The molecule has 0 amide bonds. The Bertz CT molecular complexity index is 481. The Morgan fingerprint density at radius 3 is 2.72 bits per heavy atom. The first kappa shape index (κ1) is 15.1. The van der Waals surface area contributed by atoms with Gasteiger partial charge in [0.05, 0.1) is 0 Å². The number of nitrogens with zero attached hydrogens (tertiary/aromatic N) is 3. The van der Waals surface area contributed by atoms with Crippen LogP contribution in [0.2, 0.25) is 0 Å². The zero-order valence-corrected chi connectivity index (χ0v) is 12.1. The zero-order chi connectivity index (χ0) is 13.8. The molecule has 0 saturated carbocycles. The average molecular weight is 274 g/mol. The summed E-state index contributed by atoms with van der Waals surface area (Å²) in [7, 11) is -1.93. The molecule has 1 aromatic heterocycles. The lowest BCUT2D eigenvalue weighted by Crippen LogP contribution is -2.29. The maximum atomic E-state index is 12.2. The molecule has 0 saturated heterocycles. The molecule has 6 nitrogen and oxygen atoms in total. The molecule has 0 aliphatic heterocycles. The van der Waals surface area contributed by atoms with Gasteiger partial charge in [-0.25, -0.2) is 13.4 Å². The molecule has 0 unspecified atom stereocenters. The Morgan fingerprint density at radius 2 is 2.17 bits per heavy atom. The summed E-state index contributed by atoms with van der Waals surface area (Å²) in [6.07, 6.45) is 3.19. The normalized spacial score (nSPS) is 12.3. The van der Waals surface area contributed by atoms with E-state index >= 15 is 0 Å². The van der Waals surface area contributed by atoms with Crippen molar-refractivity contribution in [2.45, 2.75) is 38.3 Å². The summed E-state index contributed by atoms with van der Waals surface area (Å²) in [4.78, 5) is 4.13. The van der Waals surface area contributed by atoms with Crippen LogP contribution in [0.1, 0.15) is 25.6 Å². The third kappa shape index (κ3) is 3.30. The van der Waals surface area contributed by atoms with Gasteiger partial charge in [-0.15, -0.1) is 0 Å². The third-order valence-corrected chi connectivity index (χ3v) is 4.50. The monoisotopic (exact) mass is 274 g/mol. The first-order chi connectivity index (χ1) is 8.43. The molecule has 1 rings (SSSR count). The molecule has 0 bridgehead atoms. The number of rotatable bonds is 7. The minimum absolute atomic E-state index is 0.118. The van der Waals surface area contributed by atoms with Gasteiger partial charge in [-0.05, 0) is 26.3 Å². The van der Waals surface area contributed by atoms with E-state index in [0.29, 0.717) is 19.5 Å². The zero-order valence-electron chi connectivity index (χ0n) is 11.3. The highest BCUT2D eigenvalue weighted by Gasteiger charge is 2.23. The number of hydrogen-bond donors (Lipinski definition) is 1. The van der Waals surface area contributed by atoms with Gasteiger partial charge >= 0.3 is 0 Å². The fourth-order valence-corrected chi connectivity index (χ4v) is 2.86. The van der Waals surface area contributed by atoms with Gasteiger partial charge in [0.1, 0.15) is 5.82 Å². The molecule has 104 valence electrons. The number of sulfonamides is 1. The molecule has 2 N–H and O–H groups in total. The second kappa shape index (κ2) is 6.31. The number of imidazole rings is 1. The van der Waals surface area contributed by atoms with Crippen LogP contribution in [-0.4, -0.2) is 42.4 Å². The minimum Gasteiger partial charge on any atom is -0.334 e. The maximum Gasteiger partial charge on any atom is 0.261 e. The number of nitrogens with two attached hydrogens (primary N) is 1. The SMILES string of the molecule is CCCn1cc(S(=O)(=O)N(C)CCCN)nc1C. The Labute approximate surface area is 109 Å². The molecule has 18 heavy (non-hydrogen) atoms. The fraction of sp³-hybridized carbons (Fsp3) is 0.727. The molecular weight excluding hydrogens is 252 g/mol. The van der Waals surface area contributed by atoms with Crippen LogP contribution >= 0.6 is 0 Å². The van der Waals surface area contributed by atoms with E-state index in [-0.39, 0.29) is 5.03 Å². The van der Waals surface area contributed by atoms with E-state index in [9.17, 15) is 8.42 Å². The maximum absolute atomic E-state index is 12.2. The molecule has 1 heterocycles. The van der Waals surface area contributed by atoms with E-state index in [1.54, 1.807) is 13.2 Å². The Kier molecular flexibility index (Phi) is 5.30. The lowest BCUT2D eigenvalue weighted by Gasteiger charge is -2.14. The summed E-state index contributed by atoms with van der Waals surface area (Å²) in [5, 5.41) is 0.118. The van der Waals surface area contributed by atoms with E-state index in [0.717, 1.165) is 18.8 Å². The van der Waals surface area contributed by atoms with E-state index < -0.39 is 10.0 Å². The van der Waals surface area contributed by atoms with Crippen LogP contribution in [0.3, 0.4) is 0 Å². The summed E-state index contributed by atoms with van der Waals surface area (Å²) in [5.41, 5.74) is 5.39. The first-order valence-corrected chi connectivity index (χ1v) is 7.57. The van der Waals surface area contributed by atoms with Crippen LogP contribution in [0.4, 0.5) is 0 Å². The highest BCUT2D eigenvalue weighted by atomic mass is 32.2. The van der Waals surface area contributed by atoms with Gasteiger partial charge in [0.25, 0.3) is 10.0 Å². The Balaban J connectivity index is 2.94. The largest absolute Gasteiger partial charge is 0.334 e. The quantitative estimate of drug-likeness (QED) is 0.788. The van der Waals surface area contributed by atoms with Gasteiger partial charge in [0, 0.05) is 26.3 Å². The van der Waals surface area contributed by atoms with Crippen molar-refractivity contribution in [1.29, 1.82) is 0 Å². The number of hydrogen-bond acceptors (Lipinski definition) is 4. The highest BCUT2D eigenvalue weighted by molar-refractivity contribution is 7.89. The number of aromatic nitrogens is 2. The van der Waals surface area contributed by atoms with Crippen LogP contribution in [-0.2, 0) is 16.6 Å². The topological polar surface area (TPSA) is 81.2 Å². The molecule has 0 fully saturated rings. The summed E-state index contributed by atoms with van der Waals surface area (Å²) in [5.74, 6) is 0.725. The van der Waals surface area contributed by atoms with Gasteiger partial charge in [-0.1, -0.05) is 6.92 Å². The molecule has 1 aromatic rings. The van der Waals surface area contributed by atoms with Crippen molar-refractivity contribution in [2.75, 3.05) is 20.1 Å². The van der Waals surface area contributed by atoms with Crippen molar-refractivity contribution >= 4 is 10.0 Å². The first-order valence-electron chi connectivity index (χ1n) is 6.13. The second-order valence-corrected chi connectivity index (χ2v) is 6.28. The molecule has 7 heteroatoms. The van der Waals surface area contributed by atoms with Gasteiger partial charge in [-0.3, -0.25) is 0 Å². The van der Waals surface area contributed by atoms with Crippen molar-refractivity contribution in [3.8, 4) is 0 Å². The summed E-state index contributed by atoms with van der Waals surface area (Å²) >= 11 is 0. The smallest absolute Gasteiger partial charge is 0.261 e. The summed E-state index contributed by atoms with van der Waals surface area (Å²) in [6.45, 7) is 5.53. The van der Waals surface area contributed by atoms with Gasteiger partial charge in [-0.2, -0.15) is 4.31 Å². The van der Waals surface area contributed by atoms with Crippen molar-refractivity contribution < 1.29 is 8.42 Å². The van der Waals surface area contributed by atoms with Crippen molar-refractivity contribution in [2.24, 2.45) is 5.73 Å². The van der Waals surface area contributed by atoms with E-state index in [1.807, 2.05) is 18.4 Å². The van der Waals surface area contributed by atoms with E-state index in [4.69, 9.17) is 5.73 Å². The fourth-order valence-electron chi connectivity index (χ4n) is 1.66. The van der Waals surface area contributed by atoms with Crippen LogP contribution in [0.5, 0.6) is 0 Å². The lowest BCUT2D eigenvalue weighted by atomic mass is 10.4. The lowest BCUT2D eigenvalue weighted by molar-refractivity contribution is 0.461. The van der Waals surface area contributed by atoms with Gasteiger partial charge in [0.15, 0.2) is 5.03 Å². The van der Waals surface area contributed by atoms with Crippen LogP contribution in [0.25, 0.3) is 0 Å². The highest BCUT2D eigenvalue weighted by Crippen LogP contribution is 2.14. The molecule has 0 spiro atoms. The Hall–Kier alpha value is -0.920. The predicted molar refractivity (Wildman–Crippen MR) is 70.7 cm³/mol. The molecule has 0 radical (unpaired) electrons.